The lowest BCUT2D eigenvalue weighted by molar-refractivity contribution is -0.137. The maximum atomic E-state index is 12.7. The van der Waals surface area contributed by atoms with Crippen LogP contribution in [-0.4, -0.2) is 33.3 Å². The van der Waals surface area contributed by atoms with Crippen LogP contribution in [0.15, 0.2) is 52.9 Å². The van der Waals surface area contributed by atoms with Gasteiger partial charge in [-0.05, 0) is 36.4 Å². The molecule has 28 heavy (non-hydrogen) atoms. The highest BCUT2D eigenvalue weighted by Crippen LogP contribution is 2.32. The fourth-order valence-electron chi connectivity index (χ4n) is 2.37. The van der Waals surface area contributed by atoms with Gasteiger partial charge in [-0.2, -0.15) is 13.2 Å². The summed E-state index contributed by atoms with van der Waals surface area (Å²) in [5.41, 5.74) is 0.782. The van der Waals surface area contributed by atoms with E-state index in [9.17, 15) is 18.0 Å². The van der Waals surface area contributed by atoms with Gasteiger partial charge in [0.25, 0.3) is 0 Å². The molecule has 0 radical (unpaired) electrons. The lowest BCUT2D eigenvalue weighted by Crippen LogP contribution is -2.24. The molecule has 0 fully saturated rings. The first kappa shape index (κ1) is 19.2. The second kappa shape index (κ2) is 7.59. The van der Waals surface area contributed by atoms with E-state index < -0.39 is 17.8 Å². The average molecular weight is 392 g/mol. The predicted octanol–water partition coefficient (Wildman–Crippen LogP) is 4.61. The summed E-state index contributed by atoms with van der Waals surface area (Å²) in [6.07, 6.45) is -5.54. The van der Waals surface area contributed by atoms with Gasteiger partial charge >= 0.3 is 12.3 Å². The lowest BCUT2D eigenvalue weighted by atomic mass is 10.1. The number of nitrogens with zero attached hydrogens (tertiary/aromatic N) is 3. The van der Waals surface area contributed by atoms with Gasteiger partial charge in [0, 0.05) is 12.7 Å². The van der Waals surface area contributed by atoms with Crippen LogP contribution in [-0.2, 0) is 12.7 Å². The quantitative estimate of drug-likeness (QED) is 0.659. The molecule has 146 valence electrons. The number of anilines is 2. The fraction of sp³-hybridized carbons (Fsp3) is 0.167. The molecular weight excluding hydrogens is 377 g/mol. The summed E-state index contributed by atoms with van der Waals surface area (Å²) < 4.78 is 43.6. The van der Waals surface area contributed by atoms with E-state index in [0.717, 1.165) is 17.0 Å². The smallest absolute Gasteiger partial charge is 0.416 e. The van der Waals surface area contributed by atoms with Crippen LogP contribution in [0.1, 0.15) is 11.5 Å². The topological polar surface area (TPSA) is 91.5 Å². The number of para-hydroxylation sites is 1. The highest BCUT2D eigenvalue weighted by Gasteiger charge is 2.30. The first-order valence-electron chi connectivity index (χ1n) is 8.04. The number of rotatable bonds is 5. The monoisotopic (exact) mass is 392 g/mol. The number of alkyl halides is 3. The third kappa shape index (κ3) is 4.40. The summed E-state index contributed by atoms with van der Waals surface area (Å²) in [5, 5.41) is 19.7. The van der Waals surface area contributed by atoms with Crippen LogP contribution in [0, 0.1) is 0 Å². The molecule has 1 heterocycles. The van der Waals surface area contributed by atoms with E-state index >= 15 is 0 Å². The predicted molar refractivity (Wildman–Crippen MR) is 94.0 cm³/mol. The van der Waals surface area contributed by atoms with Crippen molar-refractivity contribution >= 4 is 17.5 Å². The number of carbonyl (C=O) groups is 1. The van der Waals surface area contributed by atoms with E-state index in [0.29, 0.717) is 16.9 Å². The maximum Gasteiger partial charge on any atom is 0.416 e. The molecule has 2 N–H and O–H groups in total. The van der Waals surface area contributed by atoms with Gasteiger partial charge < -0.3 is 19.7 Å². The second-order valence-electron chi connectivity index (χ2n) is 5.89. The number of nitrogens with one attached hydrogen (secondary N) is 1. The Morgan fingerprint density at radius 1 is 1.14 bits per heavy atom. The van der Waals surface area contributed by atoms with Crippen LogP contribution in [0.2, 0.25) is 0 Å². The van der Waals surface area contributed by atoms with Crippen molar-refractivity contribution in [3.05, 3.63) is 60.0 Å². The number of hydrogen-bond acceptors (Lipinski definition) is 5. The molecule has 10 heteroatoms. The largest absolute Gasteiger partial charge is 0.465 e. The van der Waals surface area contributed by atoms with E-state index in [1.165, 1.54) is 19.2 Å². The third-order valence-electron chi connectivity index (χ3n) is 3.81. The Kier molecular flexibility index (Phi) is 5.21. The number of aromatic nitrogens is 2. The highest BCUT2D eigenvalue weighted by molar-refractivity contribution is 5.76. The molecular formula is C18H15F3N4O3. The number of amides is 1. The molecule has 0 saturated carbocycles. The van der Waals surface area contributed by atoms with Crippen molar-refractivity contribution in [3.63, 3.8) is 0 Å². The molecule has 1 aromatic heterocycles. The normalized spacial score (nSPS) is 11.3. The Morgan fingerprint density at radius 3 is 2.46 bits per heavy atom. The van der Waals surface area contributed by atoms with Gasteiger partial charge in [-0.1, -0.05) is 12.1 Å². The van der Waals surface area contributed by atoms with Crippen molar-refractivity contribution in [2.45, 2.75) is 12.7 Å². The van der Waals surface area contributed by atoms with Crippen molar-refractivity contribution in [1.29, 1.82) is 0 Å². The van der Waals surface area contributed by atoms with Crippen molar-refractivity contribution in [2.75, 3.05) is 12.4 Å². The summed E-state index contributed by atoms with van der Waals surface area (Å²) in [6.45, 7) is -0.0726. The lowest BCUT2D eigenvalue weighted by Gasteiger charge is -2.11. The molecule has 7 nitrogen and oxygen atoms in total. The zero-order chi connectivity index (χ0) is 20.3. The summed E-state index contributed by atoms with van der Waals surface area (Å²) in [5.74, 6) is 0.271. The zero-order valence-corrected chi connectivity index (χ0v) is 14.6. The molecule has 0 unspecified atom stereocenters. The Labute approximate surface area is 157 Å². The molecule has 1 amide bonds. The first-order valence-corrected chi connectivity index (χ1v) is 8.04. The van der Waals surface area contributed by atoms with E-state index in [-0.39, 0.29) is 18.3 Å². The molecule has 0 aliphatic carbocycles. The Balaban J connectivity index is 1.82. The molecule has 0 spiro atoms. The molecule has 0 atom stereocenters. The van der Waals surface area contributed by atoms with Crippen LogP contribution in [0.25, 0.3) is 11.5 Å². The summed E-state index contributed by atoms with van der Waals surface area (Å²) in [4.78, 5) is 11.9. The number of halogens is 3. The summed E-state index contributed by atoms with van der Waals surface area (Å²) >= 11 is 0. The van der Waals surface area contributed by atoms with Gasteiger partial charge in [0.05, 0.1) is 16.8 Å². The molecule has 0 aliphatic rings. The van der Waals surface area contributed by atoms with Crippen LogP contribution in [0.5, 0.6) is 0 Å². The Bertz CT molecular complexity index is 971. The third-order valence-corrected chi connectivity index (χ3v) is 3.81. The van der Waals surface area contributed by atoms with Gasteiger partial charge in [0.15, 0.2) is 0 Å². The minimum Gasteiger partial charge on any atom is -0.465 e. The number of carboxylic acid groups (broad SMARTS) is 1. The van der Waals surface area contributed by atoms with Crippen LogP contribution < -0.4 is 5.32 Å². The summed E-state index contributed by atoms with van der Waals surface area (Å²) in [7, 11) is 1.37. The van der Waals surface area contributed by atoms with Gasteiger partial charge in [-0.3, -0.25) is 0 Å². The SMILES string of the molecule is CN(Cc1nnc(-c2ccccc2Nc2ccc(C(F)(F)F)cc2)o1)C(=O)O. The van der Waals surface area contributed by atoms with Gasteiger partial charge in [0.2, 0.25) is 11.8 Å². The standard InChI is InChI=1S/C18H15F3N4O3/c1-25(17(26)27)10-15-23-24-16(28-15)13-4-2-3-5-14(13)22-12-8-6-11(7-9-12)18(19,20)21/h2-9,22H,10H2,1H3,(H,26,27). The second-order valence-corrected chi connectivity index (χ2v) is 5.89. The summed E-state index contributed by atoms with van der Waals surface area (Å²) in [6, 6.07) is 11.5. The molecule has 0 saturated heterocycles. The highest BCUT2D eigenvalue weighted by atomic mass is 19.4. The van der Waals surface area contributed by atoms with Crippen LogP contribution >= 0.6 is 0 Å². The van der Waals surface area contributed by atoms with Crippen molar-refractivity contribution in [3.8, 4) is 11.5 Å². The van der Waals surface area contributed by atoms with Gasteiger partial charge in [-0.25, -0.2) is 4.79 Å². The Hall–Kier alpha value is -3.56. The van der Waals surface area contributed by atoms with E-state index in [4.69, 9.17) is 9.52 Å². The fourth-order valence-corrected chi connectivity index (χ4v) is 2.37. The van der Waals surface area contributed by atoms with Crippen LogP contribution in [0.4, 0.5) is 29.3 Å². The average Bonchev–Trinajstić information content (AvgIpc) is 3.10. The first-order chi connectivity index (χ1) is 13.2. The molecule has 3 rings (SSSR count). The van der Waals surface area contributed by atoms with Crippen LogP contribution in [0.3, 0.4) is 0 Å². The van der Waals surface area contributed by atoms with E-state index in [2.05, 4.69) is 15.5 Å². The Morgan fingerprint density at radius 2 is 1.82 bits per heavy atom. The van der Waals surface area contributed by atoms with Gasteiger partial charge in [-0.15, -0.1) is 10.2 Å². The zero-order valence-electron chi connectivity index (χ0n) is 14.6. The molecule has 3 aromatic rings. The molecule has 2 aromatic carbocycles. The molecule has 0 aliphatic heterocycles. The van der Waals surface area contributed by atoms with Crippen molar-refractivity contribution < 1.29 is 27.5 Å². The van der Waals surface area contributed by atoms with E-state index in [1.54, 1.807) is 24.3 Å². The minimum absolute atomic E-state index is 0.0726. The maximum absolute atomic E-state index is 12.7. The van der Waals surface area contributed by atoms with Gasteiger partial charge in [0.1, 0.15) is 6.54 Å². The van der Waals surface area contributed by atoms with Crippen molar-refractivity contribution in [1.82, 2.24) is 15.1 Å². The molecule has 0 bridgehead atoms. The van der Waals surface area contributed by atoms with Crippen molar-refractivity contribution in [2.24, 2.45) is 0 Å². The number of hydrogen-bond donors (Lipinski definition) is 2. The minimum atomic E-state index is -4.40. The van der Waals surface area contributed by atoms with E-state index in [1.807, 2.05) is 0 Å². The number of benzene rings is 2.